The number of rotatable bonds is 4. The molecule has 0 aliphatic heterocycles. The summed E-state index contributed by atoms with van der Waals surface area (Å²) in [5, 5.41) is -0.155. The first-order valence-electron chi connectivity index (χ1n) is 5.66. The lowest BCUT2D eigenvalue weighted by molar-refractivity contribution is 0.0968. The van der Waals surface area contributed by atoms with E-state index in [4.69, 9.17) is 16.3 Å². The highest BCUT2D eigenvalue weighted by molar-refractivity contribution is 6.22. The lowest BCUT2D eigenvalue weighted by atomic mass is 9.88. The van der Waals surface area contributed by atoms with Crippen molar-refractivity contribution in [3.8, 4) is 5.75 Å². The minimum absolute atomic E-state index is 0.0658. The van der Waals surface area contributed by atoms with Crippen LogP contribution < -0.4 is 4.74 Å². The minimum Gasteiger partial charge on any atom is -0.497 e. The molecule has 0 saturated carbocycles. The molecule has 1 unspecified atom stereocenters. The molecule has 17 heavy (non-hydrogen) atoms. The van der Waals surface area contributed by atoms with E-state index in [1.807, 2.05) is 20.8 Å². The van der Waals surface area contributed by atoms with Crippen molar-refractivity contribution in [1.29, 1.82) is 0 Å². The van der Waals surface area contributed by atoms with Gasteiger partial charge in [0.15, 0.2) is 5.78 Å². The van der Waals surface area contributed by atoms with Crippen molar-refractivity contribution in [3.63, 3.8) is 0 Å². The maximum atomic E-state index is 12.0. The van der Waals surface area contributed by atoms with Crippen molar-refractivity contribution in [1.82, 2.24) is 0 Å². The molecule has 0 aromatic heterocycles. The number of Topliss-reactive ketones (excluding diaryl/α,β-unsaturated/α-hetero) is 1. The van der Waals surface area contributed by atoms with Crippen molar-refractivity contribution in [2.75, 3.05) is 7.11 Å². The molecule has 0 fully saturated rings. The topological polar surface area (TPSA) is 26.3 Å². The van der Waals surface area contributed by atoms with Crippen LogP contribution in [0.25, 0.3) is 0 Å². The Balaban J connectivity index is 2.70. The van der Waals surface area contributed by atoms with Gasteiger partial charge in [-0.1, -0.05) is 20.8 Å². The Morgan fingerprint density at radius 2 is 1.82 bits per heavy atom. The zero-order chi connectivity index (χ0) is 13.1. The molecule has 0 spiro atoms. The second kappa shape index (κ2) is 5.54. The van der Waals surface area contributed by atoms with Crippen molar-refractivity contribution in [2.24, 2.45) is 5.41 Å². The Morgan fingerprint density at radius 3 is 2.24 bits per heavy atom. The van der Waals surface area contributed by atoms with Gasteiger partial charge in [0.1, 0.15) is 5.75 Å². The quantitative estimate of drug-likeness (QED) is 0.601. The van der Waals surface area contributed by atoms with Crippen LogP contribution in [-0.4, -0.2) is 18.3 Å². The molecule has 0 saturated heterocycles. The van der Waals surface area contributed by atoms with Gasteiger partial charge in [-0.25, -0.2) is 0 Å². The number of carbonyl (C=O) groups excluding carboxylic acids is 1. The zero-order valence-electron chi connectivity index (χ0n) is 10.8. The predicted octanol–water partition coefficient (Wildman–Crippen LogP) is 3.92. The van der Waals surface area contributed by atoms with E-state index < -0.39 is 0 Å². The fourth-order valence-corrected chi connectivity index (χ4v) is 1.50. The fraction of sp³-hybridized carbons (Fsp3) is 0.500. The van der Waals surface area contributed by atoms with Crippen molar-refractivity contribution >= 4 is 17.4 Å². The van der Waals surface area contributed by atoms with E-state index in [2.05, 4.69) is 0 Å². The molecule has 0 amide bonds. The Hall–Kier alpha value is -1.02. The van der Waals surface area contributed by atoms with Gasteiger partial charge in [0.25, 0.3) is 0 Å². The number of hydrogen-bond donors (Lipinski definition) is 0. The Morgan fingerprint density at radius 1 is 1.29 bits per heavy atom. The van der Waals surface area contributed by atoms with Gasteiger partial charge < -0.3 is 4.74 Å². The van der Waals surface area contributed by atoms with Gasteiger partial charge in [0.05, 0.1) is 7.11 Å². The van der Waals surface area contributed by atoms with E-state index in [1.165, 1.54) is 0 Å². The monoisotopic (exact) mass is 254 g/mol. The second-order valence-corrected chi connectivity index (χ2v) is 5.72. The van der Waals surface area contributed by atoms with Crippen LogP contribution in [0.3, 0.4) is 0 Å². The summed E-state index contributed by atoms with van der Waals surface area (Å²) >= 11 is 6.21. The van der Waals surface area contributed by atoms with E-state index in [9.17, 15) is 4.79 Å². The van der Waals surface area contributed by atoms with Gasteiger partial charge in [-0.2, -0.15) is 0 Å². The molecule has 1 rings (SSSR count). The normalized spacial score (nSPS) is 13.2. The summed E-state index contributed by atoms with van der Waals surface area (Å²) in [5.41, 5.74) is 0.615. The van der Waals surface area contributed by atoms with Crippen LogP contribution in [0.15, 0.2) is 24.3 Å². The largest absolute Gasteiger partial charge is 0.497 e. The molecule has 0 radical (unpaired) electrons. The third-order valence-corrected chi connectivity index (χ3v) is 3.53. The third kappa shape index (κ3) is 4.04. The lowest BCUT2D eigenvalue weighted by Crippen LogP contribution is -2.23. The molecule has 0 aliphatic carbocycles. The SMILES string of the molecule is COc1ccc(C(=O)CC(Cl)C(C)(C)C)cc1. The average molecular weight is 255 g/mol. The van der Waals surface area contributed by atoms with Gasteiger partial charge in [0.2, 0.25) is 0 Å². The molecule has 0 bridgehead atoms. The molecule has 3 heteroatoms. The first-order valence-corrected chi connectivity index (χ1v) is 6.09. The summed E-state index contributed by atoms with van der Waals surface area (Å²) in [6, 6.07) is 7.11. The van der Waals surface area contributed by atoms with Crippen LogP contribution in [0.1, 0.15) is 37.6 Å². The molecule has 0 aliphatic rings. The highest BCUT2D eigenvalue weighted by Gasteiger charge is 2.25. The molecular formula is C14H19ClO2. The van der Waals surface area contributed by atoms with Crippen LogP contribution in [0.5, 0.6) is 5.75 Å². The molecule has 1 aromatic carbocycles. The maximum Gasteiger partial charge on any atom is 0.164 e. The first kappa shape index (κ1) is 14.0. The number of alkyl halides is 1. The molecule has 94 valence electrons. The summed E-state index contributed by atoms with van der Waals surface area (Å²) in [6.07, 6.45) is 0.359. The summed E-state index contributed by atoms with van der Waals surface area (Å²) in [4.78, 5) is 12.0. The number of carbonyl (C=O) groups is 1. The van der Waals surface area contributed by atoms with Crippen LogP contribution in [0, 0.1) is 5.41 Å². The van der Waals surface area contributed by atoms with Gasteiger partial charge in [-0.05, 0) is 29.7 Å². The number of benzene rings is 1. The molecule has 1 aromatic rings. The zero-order valence-corrected chi connectivity index (χ0v) is 11.5. The first-order chi connectivity index (χ1) is 7.84. The van der Waals surface area contributed by atoms with Crippen LogP contribution in [0.4, 0.5) is 0 Å². The average Bonchev–Trinajstić information content (AvgIpc) is 2.27. The molecule has 1 atom stereocenters. The summed E-state index contributed by atoms with van der Waals surface area (Å²) in [5.74, 6) is 0.822. The molecule has 2 nitrogen and oxygen atoms in total. The van der Waals surface area contributed by atoms with Gasteiger partial charge >= 0.3 is 0 Å². The predicted molar refractivity (Wildman–Crippen MR) is 71.0 cm³/mol. The minimum atomic E-state index is -0.155. The Kier molecular flexibility index (Phi) is 4.58. The van der Waals surface area contributed by atoms with Gasteiger partial charge in [0, 0.05) is 17.4 Å². The van der Waals surface area contributed by atoms with Crippen LogP contribution in [-0.2, 0) is 0 Å². The summed E-state index contributed by atoms with van der Waals surface area (Å²) in [6.45, 7) is 6.10. The van der Waals surface area contributed by atoms with Crippen molar-refractivity contribution < 1.29 is 9.53 Å². The second-order valence-electron chi connectivity index (χ2n) is 5.19. The fourth-order valence-electron chi connectivity index (χ4n) is 1.36. The Labute approximate surface area is 108 Å². The molecule has 0 heterocycles. The van der Waals surface area contributed by atoms with Crippen molar-refractivity contribution in [2.45, 2.75) is 32.6 Å². The van der Waals surface area contributed by atoms with Crippen molar-refractivity contribution in [3.05, 3.63) is 29.8 Å². The van der Waals surface area contributed by atoms with Gasteiger partial charge in [-0.3, -0.25) is 4.79 Å². The third-order valence-electron chi connectivity index (χ3n) is 2.72. The summed E-state index contributed by atoms with van der Waals surface area (Å²) in [7, 11) is 1.60. The highest BCUT2D eigenvalue weighted by Crippen LogP contribution is 2.28. The van der Waals surface area contributed by atoms with E-state index in [1.54, 1.807) is 31.4 Å². The lowest BCUT2D eigenvalue weighted by Gasteiger charge is -2.24. The van der Waals surface area contributed by atoms with Crippen LogP contribution in [0.2, 0.25) is 0 Å². The van der Waals surface area contributed by atoms with E-state index in [-0.39, 0.29) is 16.6 Å². The number of ketones is 1. The standard InChI is InChI=1S/C14H19ClO2/c1-14(2,3)13(15)9-12(16)10-5-7-11(17-4)8-6-10/h5-8,13H,9H2,1-4H3. The summed E-state index contributed by atoms with van der Waals surface area (Å²) < 4.78 is 5.05. The maximum absolute atomic E-state index is 12.0. The number of halogens is 1. The number of ether oxygens (including phenoxy) is 1. The smallest absolute Gasteiger partial charge is 0.164 e. The molecular weight excluding hydrogens is 236 g/mol. The molecule has 0 N–H and O–H groups in total. The number of hydrogen-bond acceptors (Lipinski definition) is 2. The van der Waals surface area contributed by atoms with E-state index in [0.29, 0.717) is 12.0 Å². The highest BCUT2D eigenvalue weighted by atomic mass is 35.5. The van der Waals surface area contributed by atoms with Gasteiger partial charge in [-0.15, -0.1) is 11.6 Å². The Bertz CT molecular complexity index is 376. The number of methoxy groups -OCH3 is 1. The van der Waals surface area contributed by atoms with E-state index >= 15 is 0 Å². The van der Waals surface area contributed by atoms with Crippen LogP contribution >= 0.6 is 11.6 Å². The van der Waals surface area contributed by atoms with E-state index in [0.717, 1.165) is 5.75 Å².